The SMILES string of the molecule is Cc1ccc(C)c(C(CC2CCNCC2)N(C)C)c1. The van der Waals surface area contributed by atoms with Gasteiger partial charge >= 0.3 is 0 Å². The molecule has 0 aromatic heterocycles. The molecule has 0 bridgehead atoms. The second-order valence-electron chi connectivity index (χ2n) is 6.27. The first-order chi connectivity index (χ1) is 9.08. The molecule has 0 spiro atoms. The third-order valence-electron chi connectivity index (χ3n) is 4.43. The number of nitrogens with zero attached hydrogens (tertiary/aromatic N) is 1. The number of aryl methyl sites for hydroxylation is 2. The quantitative estimate of drug-likeness (QED) is 0.893. The Hall–Kier alpha value is -0.860. The molecule has 2 heteroatoms. The molecule has 2 nitrogen and oxygen atoms in total. The summed E-state index contributed by atoms with van der Waals surface area (Å²) in [5.74, 6) is 0.869. The molecule has 1 atom stereocenters. The Kier molecular flexibility index (Phi) is 5.00. The summed E-state index contributed by atoms with van der Waals surface area (Å²) in [7, 11) is 4.43. The normalized spacial score (nSPS) is 18.8. The van der Waals surface area contributed by atoms with E-state index in [0.29, 0.717) is 6.04 Å². The maximum Gasteiger partial charge on any atom is 0.0347 e. The van der Waals surface area contributed by atoms with Gasteiger partial charge in [-0.25, -0.2) is 0 Å². The van der Waals surface area contributed by atoms with Crippen molar-refractivity contribution in [1.29, 1.82) is 0 Å². The molecule has 1 aliphatic rings. The Bertz CT molecular complexity index is 406. The van der Waals surface area contributed by atoms with E-state index < -0.39 is 0 Å². The van der Waals surface area contributed by atoms with Crippen LogP contribution in [0, 0.1) is 19.8 Å². The fraction of sp³-hybridized carbons (Fsp3) is 0.647. The van der Waals surface area contributed by atoms with Crippen LogP contribution in [0.2, 0.25) is 0 Å². The first-order valence-electron chi connectivity index (χ1n) is 7.52. The van der Waals surface area contributed by atoms with Crippen molar-refractivity contribution >= 4 is 0 Å². The van der Waals surface area contributed by atoms with E-state index >= 15 is 0 Å². The highest BCUT2D eigenvalue weighted by molar-refractivity contribution is 5.33. The second-order valence-corrected chi connectivity index (χ2v) is 6.27. The topological polar surface area (TPSA) is 15.3 Å². The summed E-state index contributed by atoms with van der Waals surface area (Å²) in [6.07, 6.45) is 3.95. The molecule has 0 aliphatic carbocycles. The fourth-order valence-corrected chi connectivity index (χ4v) is 3.17. The van der Waals surface area contributed by atoms with E-state index in [1.807, 2.05) is 0 Å². The van der Waals surface area contributed by atoms with Gasteiger partial charge in [0, 0.05) is 6.04 Å². The van der Waals surface area contributed by atoms with E-state index in [1.54, 1.807) is 0 Å². The molecule has 1 fully saturated rings. The van der Waals surface area contributed by atoms with Crippen LogP contribution in [0.25, 0.3) is 0 Å². The molecule has 0 radical (unpaired) electrons. The molecular formula is C17H28N2. The number of nitrogens with one attached hydrogen (secondary N) is 1. The first kappa shape index (κ1) is 14.5. The van der Waals surface area contributed by atoms with Gasteiger partial charge in [0.25, 0.3) is 0 Å². The Labute approximate surface area is 118 Å². The van der Waals surface area contributed by atoms with E-state index in [-0.39, 0.29) is 0 Å². The van der Waals surface area contributed by atoms with Gasteiger partial charge in [0.15, 0.2) is 0 Å². The first-order valence-corrected chi connectivity index (χ1v) is 7.52. The highest BCUT2D eigenvalue weighted by atomic mass is 15.1. The third-order valence-corrected chi connectivity index (χ3v) is 4.43. The summed E-state index contributed by atoms with van der Waals surface area (Å²) in [6, 6.07) is 7.42. The van der Waals surface area contributed by atoms with Crippen LogP contribution in [0.1, 0.15) is 42.0 Å². The van der Waals surface area contributed by atoms with Crippen LogP contribution in [0.5, 0.6) is 0 Å². The number of rotatable bonds is 4. The molecular weight excluding hydrogens is 232 g/mol. The summed E-state index contributed by atoms with van der Waals surface area (Å²) in [6.45, 7) is 6.82. The average molecular weight is 260 g/mol. The Morgan fingerprint density at radius 3 is 2.53 bits per heavy atom. The summed E-state index contributed by atoms with van der Waals surface area (Å²) < 4.78 is 0. The molecule has 19 heavy (non-hydrogen) atoms. The second kappa shape index (κ2) is 6.53. The summed E-state index contributed by atoms with van der Waals surface area (Å²) in [4.78, 5) is 2.39. The molecule has 1 aliphatic heterocycles. The molecule has 106 valence electrons. The van der Waals surface area contributed by atoms with Gasteiger partial charge in [0.1, 0.15) is 0 Å². The lowest BCUT2D eigenvalue weighted by atomic mass is 9.86. The average Bonchev–Trinajstić information content (AvgIpc) is 2.40. The molecule has 2 rings (SSSR count). The predicted octanol–water partition coefficient (Wildman–Crippen LogP) is 3.30. The van der Waals surface area contributed by atoms with E-state index in [9.17, 15) is 0 Å². The van der Waals surface area contributed by atoms with Crippen molar-refractivity contribution in [3.05, 3.63) is 34.9 Å². The monoisotopic (exact) mass is 260 g/mol. The van der Waals surface area contributed by atoms with Crippen LogP contribution < -0.4 is 5.32 Å². The predicted molar refractivity (Wildman–Crippen MR) is 82.6 cm³/mol. The van der Waals surface area contributed by atoms with Gasteiger partial charge in [-0.15, -0.1) is 0 Å². The van der Waals surface area contributed by atoms with Gasteiger partial charge in [0.2, 0.25) is 0 Å². The highest BCUT2D eigenvalue weighted by Gasteiger charge is 2.22. The minimum atomic E-state index is 0.558. The lowest BCUT2D eigenvalue weighted by Crippen LogP contribution is -2.31. The summed E-state index contributed by atoms with van der Waals surface area (Å²) in [5, 5.41) is 3.46. The number of piperidine rings is 1. The van der Waals surface area contributed by atoms with Gasteiger partial charge in [-0.2, -0.15) is 0 Å². The lowest BCUT2D eigenvalue weighted by molar-refractivity contribution is 0.222. The van der Waals surface area contributed by atoms with Crippen LogP contribution in [-0.4, -0.2) is 32.1 Å². The van der Waals surface area contributed by atoms with Crippen molar-refractivity contribution in [2.45, 2.75) is 39.2 Å². The maximum atomic E-state index is 3.46. The van der Waals surface area contributed by atoms with Gasteiger partial charge in [-0.3, -0.25) is 0 Å². The zero-order valence-electron chi connectivity index (χ0n) is 12.9. The molecule has 0 saturated carbocycles. The van der Waals surface area contributed by atoms with Crippen molar-refractivity contribution in [3.8, 4) is 0 Å². The molecule has 1 aromatic carbocycles. The van der Waals surface area contributed by atoms with Crippen LogP contribution in [0.3, 0.4) is 0 Å². The lowest BCUT2D eigenvalue weighted by Gasteiger charge is -2.32. The van der Waals surface area contributed by atoms with Crippen molar-refractivity contribution in [2.75, 3.05) is 27.2 Å². The molecule has 1 heterocycles. The zero-order chi connectivity index (χ0) is 13.8. The van der Waals surface area contributed by atoms with E-state index in [4.69, 9.17) is 0 Å². The van der Waals surface area contributed by atoms with Crippen molar-refractivity contribution in [3.63, 3.8) is 0 Å². The largest absolute Gasteiger partial charge is 0.317 e. The van der Waals surface area contributed by atoms with Crippen molar-refractivity contribution < 1.29 is 0 Å². The van der Waals surface area contributed by atoms with Crippen LogP contribution in [-0.2, 0) is 0 Å². The van der Waals surface area contributed by atoms with Crippen LogP contribution in [0.15, 0.2) is 18.2 Å². The fourth-order valence-electron chi connectivity index (χ4n) is 3.17. The zero-order valence-corrected chi connectivity index (χ0v) is 12.9. The van der Waals surface area contributed by atoms with Crippen molar-refractivity contribution in [1.82, 2.24) is 10.2 Å². The maximum absolute atomic E-state index is 3.46. The number of benzene rings is 1. The van der Waals surface area contributed by atoms with Gasteiger partial charge < -0.3 is 10.2 Å². The Balaban J connectivity index is 2.16. The van der Waals surface area contributed by atoms with Crippen LogP contribution >= 0.6 is 0 Å². The van der Waals surface area contributed by atoms with E-state index in [1.165, 1.54) is 49.0 Å². The molecule has 1 unspecified atom stereocenters. The smallest absolute Gasteiger partial charge is 0.0347 e. The summed E-state index contributed by atoms with van der Waals surface area (Å²) in [5.41, 5.74) is 4.32. The minimum Gasteiger partial charge on any atom is -0.317 e. The number of hydrogen-bond donors (Lipinski definition) is 1. The van der Waals surface area contributed by atoms with Gasteiger partial charge in [0.05, 0.1) is 0 Å². The number of hydrogen-bond acceptors (Lipinski definition) is 2. The van der Waals surface area contributed by atoms with E-state index in [2.05, 4.69) is 56.4 Å². The van der Waals surface area contributed by atoms with Crippen molar-refractivity contribution in [2.24, 2.45) is 5.92 Å². The Morgan fingerprint density at radius 1 is 1.21 bits per heavy atom. The Morgan fingerprint density at radius 2 is 1.89 bits per heavy atom. The minimum absolute atomic E-state index is 0.558. The molecule has 1 aromatic rings. The standard InChI is InChI=1S/C17H28N2/c1-13-5-6-14(2)16(11-13)17(19(3)4)12-15-7-9-18-10-8-15/h5-6,11,15,17-18H,7-10,12H2,1-4H3. The molecule has 1 saturated heterocycles. The summed E-state index contributed by atoms with van der Waals surface area (Å²) >= 11 is 0. The molecule has 1 N–H and O–H groups in total. The highest BCUT2D eigenvalue weighted by Crippen LogP contribution is 2.32. The van der Waals surface area contributed by atoms with Gasteiger partial charge in [-0.1, -0.05) is 23.8 Å². The third kappa shape index (κ3) is 3.80. The van der Waals surface area contributed by atoms with Gasteiger partial charge in [-0.05, 0) is 77.3 Å². The van der Waals surface area contributed by atoms with Crippen LogP contribution in [0.4, 0.5) is 0 Å². The molecule has 0 amide bonds. The van der Waals surface area contributed by atoms with E-state index in [0.717, 1.165) is 5.92 Å².